The molecule has 0 N–H and O–H groups in total. The summed E-state index contributed by atoms with van der Waals surface area (Å²) in [4.78, 5) is 33.5. The van der Waals surface area contributed by atoms with Crippen LogP contribution >= 0.6 is 11.3 Å². The molecule has 49 heavy (non-hydrogen) atoms. The molecule has 0 aliphatic carbocycles. The lowest BCUT2D eigenvalue weighted by molar-refractivity contribution is -0.138. The molecule has 0 spiro atoms. The van der Waals surface area contributed by atoms with Crippen LogP contribution in [0, 0.1) is 5.82 Å². The van der Waals surface area contributed by atoms with Gasteiger partial charge in [0.1, 0.15) is 12.4 Å². The van der Waals surface area contributed by atoms with E-state index in [2.05, 4.69) is 13.8 Å². The number of carbonyl (C=O) groups is 1. The normalized spacial score (nSPS) is 14.4. The molecule has 2 heterocycles. The smallest absolute Gasteiger partial charge is 0.338 e. The number of thiazole rings is 1. The van der Waals surface area contributed by atoms with Gasteiger partial charge >= 0.3 is 5.97 Å². The highest BCUT2D eigenvalue weighted by Crippen LogP contribution is 2.36. The third kappa shape index (κ3) is 7.12. The second kappa shape index (κ2) is 14.9. The van der Waals surface area contributed by atoms with Crippen molar-refractivity contribution in [3.63, 3.8) is 0 Å². The molecule has 4 aromatic carbocycles. The molecule has 5 aromatic rings. The number of carbonyl (C=O) groups excluding carboxylic acids is 1. The maximum Gasteiger partial charge on any atom is 0.338 e. The van der Waals surface area contributed by atoms with E-state index in [1.165, 1.54) is 17.4 Å². The lowest BCUT2D eigenvalue weighted by atomic mass is 9.91. The van der Waals surface area contributed by atoms with Crippen molar-refractivity contribution in [3.05, 3.63) is 156 Å². The van der Waals surface area contributed by atoms with Gasteiger partial charge in [0.25, 0.3) is 5.56 Å². The Morgan fingerprint density at radius 3 is 2.35 bits per heavy atom. The Morgan fingerprint density at radius 2 is 1.65 bits per heavy atom. The summed E-state index contributed by atoms with van der Waals surface area (Å²) in [5.74, 6) is 0.376. The van der Waals surface area contributed by atoms with Crippen LogP contribution in [0.2, 0.25) is 0 Å². The van der Waals surface area contributed by atoms with Gasteiger partial charge in [-0.2, -0.15) is 0 Å². The number of hydrogen-bond donors (Lipinski definition) is 0. The molecule has 1 aromatic heterocycles. The Morgan fingerprint density at radius 1 is 0.918 bits per heavy atom. The molecular formula is C40H37FN2O5S. The van der Waals surface area contributed by atoms with Gasteiger partial charge in [0.05, 0.1) is 35.1 Å². The van der Waals surface area contributed by atoms with E-state index in [0.29, 0.717) is 55.8 Å². The first kappa shape index (κ1) is 33.6. The Balaban J connectivity index is 1.48. The molecule has 0 unspecified atom stereocenters. The maximum atomic E-state index is 14.3. The minimum atomic E-state index is -0.762. The molecular weight excluding hydrogens is 640 g/mol. The maximum absolute atomic E-state index is 14.3. The van der Waals surface area contributed by atoms with Crippen molar-refractivity contribution in [2.75, 3.05) is 13.2 Å². The van der Waals surface area contributed by atoms with Crippen LogP contribution < -0.4 is 24.4 Å². The molecule has 7 nitrogen and oxygen atoms in total. The van der Waals surface area contributed by atoms with E-state index in [-0.39, 0.29) is 24.6 Å². The number of rotatable bonds is 11. The number of ether oxygens (including phenoxy) is 3. The topological polar surface area (TPSA) is 79.1 Å². The van der Waals surface area contributed by atoms with E-state index in [0.717, 1.165) is 16.7 Å². The van der Waals surface area contributed by atoms with Crippen molar-refractivity contribution in [1.82, 2.24) is 4.57 Å². The number of fused-ring (bicyclic) bond motifs is 1. The molecule has 0 fully saturated rings. The van der Waals surface area contributed by atoms with Gasteiger partial charge in [-0.1, -0.05) is 104 Å². The van der Waals surface area contributed by atoms with Gasteiger partial charge < -0.3 is 14.2 Å². The van der Waals surface area contributed by atoms with Crippen LogP contribution in [0.5, 0.6) is 11.5 Å². The molecule has 1 atom stereocenters. The van der Waals surface area contributed by atoms with E-state index < -0.39 is 12.0 Å². The second-order valence-corrected chi connectivity index (χ2v) is 12.8. The summed E-state index contributed by atoms with van der Waals surface area (Å²) >= 11 is 1.25. The zero-order valence-electron chi connectivity index (χ0n) is 27.8. The molecule has 0 saturated carbocycles. The van der Waals surface area contributed by atoms with Crippen LogP contribution in [0.15, 0.2) is 112 Å². The van der Waals surface area contributed by atoms with E-state index in [9.17, 15) is 14.0 Å². The van der Waals surface area contributed by atoms with Gasteiger partial charge in [-0.15, -0.1) is 0 Å². The first-order valence-corrected chi connectivity index (χ1v) is 17.1. The SMILES string of the molecule is CCOC(=O)C1=C(c2ccccc2)N=c2s/c(=C\c3ccc(OCc4ccccc4F)c(OCC)c3)c(=O)n2[C@@H]1c1ccc(C(C)C)cc1. The first-order valence-electron chi connectivity index (χ1n) is 16.3. The zero-order chi connectivity index (χ0) is 34.5. The summed E-state index contributed by atoms with van der Waals surface area (Å²) in [5, 5.41) is 0. The molecule has 1 aliphatic heterocycles. The molecule has 0 bridgehead atoms. The number of hydrogen-bond acceptors (Lipinski definition) is 7. The molecule has 0 radical (unpaired) electrons. The molecule has 6 rings (SSSR count). The van der Waals surface area contributed by atoms with E-state index in [1.807, 2.05) is 67.6 Å². The number of halogens is 1. The fourth-order valence-corrected chi connectivity index (χ4v) is 6.74. The van der Waals surface area contributed by atoms with Crippen LogP contribution in [-0.4, -0.2) is 23.8 Å². The third-order valence-corrected chi connectivity index (χ3v) is 9.18. The lowest BCUT2D eigenvalue weighted by Crippen LogP contribution is -2.40. The first-order chi connectivity index (χ1) is 23.8. The van der Waals surface area contributed by atoms with Gasteiger partial charge in [0, 0.05) is 11.1 Å². The fraction of sp³-hybridized carbons (Fsp3) is 0.225. The number of esters is 1. The van der Waals surface area contributed by atoms with Crippen LogP contribution in [0.3, 0.4) is 0 Å². The quantitative estimate of drug-likeness (QED) is 0.139. The Labute approximate surface area is 288 Å². The van der Waals surface area contributed by atoms with Crippen LogP contribution in [0.1, 0.15) is 67.5 Å². The standard InChI is InChI=1S/C40H37FN2O5S/c1-5-46-33-22-26(16-21-32(33)48-24-30-14-10-11-15-31(30)41)23-34-38(44)43-37(29-19-17-27(18-20-29)25(3)4)35(39(45)47-6-2)36(42-40(43)49-34)28-12-8-7-9-13-28/h7-23,25,37H,5-6,24H2,1-4H3/b34-23-/t37-/m1/s1. The summed E-state index contributed by atoms with van der Waals surface area (Å²) in [7, 11) is 0. The largest absolute Gasteiger partial charge is 0.490 e. The second-order valence-electron chi connectivity index (χ2n) is 11.8. The van der Waals surface area contributed by atoms with Crippen molar-refractivity contribution < 1.29 is 23.4 Å². The molecule has 1 aliphatic rings. The highest BCUT2D eigenvalue weighted by molar-refractivity contribution is 7.07. The molecule has 250 valence electrons. The van der Waals surface area contributed by atoms with E-state index >= 15 is 0 Å². The predicted octanol–water partition coefficient (Wildman–Crippen LogP) is 7.18. The van der Waals surface area contributed by atoms with E-state index in [1.54, 1.807) is 47.9 Å². The monoisotopic (exact) mass is 676 g/mol. The number of benzene rings is 4. The number of aromatic nitrogens is 1. The van der Waals surface area contributed by atoms with Crippen molar-refractivity contribution in [3.8, 4) is 11.5 Å². The van der Waals surface area contributed by atoms with Gasteiger partial charge in [0.15, 0.2) is 16.3 Å². The van der Waals surface area contributed by atoms with E-state index in [4.69, 9.17) is 19.2 Å². The lowest BCUT2D eigenvalue weighted by Gasteiger charge is -2.26. The third-order valence-electron chi connectivity index (χ3n) is 8.20. The summed E-state index contributed by atoms with van der Waals surface area (Å²) in [6, 6.07) is 28.5. The van der Waals surface area contributed by atoms with Gasteiger partial charge in [-0.3, -0.25) is 9.36 Å². The summed E-state index contributed by atoms with van der Waals surface area (Å²) in [6.07, 6.45) is 1.78. The molecule has 0 amide bonds. The fourth-order valence-electron chi connectivity index (χ4n) is 5.74. The van der Waals surface area contributed by atoms with Crippen molar-refractivity contribution in [2.24, 2.45) is 4.99 Å². The number of nitrogens with zero attached hydrogens (tertiary/aromatic N) is 2. The average Bonchev–Trinajstić information content (AvgIpc) is 3.42. The van der Waals surface area contributed by atoms with Gasteiger partial charge in [0.2, 0.25) is 0 Å². The van der Waals surface area contributed by atoms with Gasteiger partial charge in [-0.25, -0.2) is 14.2 Å². The minimum absolute atomic E-state index is 0.0371. The van der Waals surface area contributed by atoms with Crippen molar-refractivity contribution in [1.29, 1.82) is 0 Å². The highest BCUT2D eigenvalue weighted by Gasteiger charge is 2.35. The van der Waals surface area contributed by atoms with Crippen molar-refractivity contribution in [2.45, 2.75) is 46.3 Å². The Bertz CT molecular complexity index is 2190. The van der Waals surface area contributed by atoms with Gasteiger partial charge in [-0.05, 0) is 60.7 Å². The Hall–Kier alpha value is -5.28. The summed E-state index contributed by atoms with van der Waals surface area (Å²) in [5.41, 5.74) is 4.30. The molecule has 0 saturated heterocycles. The summed E-state index contributed by atoms with van der Waals surface area (Å²) in [6.45, 7) is 8.46. The van der Waals surface area contributed by atoms with Crippen molar-refractivity contribution >= 4 is 29.1 Å². The Kier molecular flexibility index (Phi) is 10.2. The highest BCUT2D eigenvalue weighted by atomic mass is 32.1. The predicted molar refractivity (Wildman–Crippen MR) is 190 cm³/mol. The van der Waals surface area contributed by atoms with Crippen LogP contribution in [-0.2, 0) is 16.1 Å². The molecule has 9 heteroatoms. The van der Waals surface area contributed by atoms with Crippen LogP contribution in [0.4, 0.5) is 4.39 Å². The summed E-state index contributed by atoms with van der Waals surface area (Å²) < 4.78 is 33.6. The minimum Gasteiger partial charge on any atom is -0.490 e. The zero-order valence-corrected chi connectivity index (χ0v) is 28.6. The average molecular weight is 677 g/mol. The van der Waals surface area contributed by atoms with Crippen LogP contribution in [0.25, 0.3) is 11.8 Å².